The Morgan fingerprint density at radius 3 is 2.54 bits per heavy atom. The van der Waals surface area contributed by atoms with Gasteiger partial charge in [-0.15, -0.1) is 0 Å². The fraction of sp³-hybridized carbons (Fsp3) is 0.556. The molecule has 0 unspecified atom stereocenters. The number of nitrogens with one attached hydrogen (secondary N) is 1. The second kappa shape index (κ2) is 7.55. The van der Waals surface area contributed by atoms with E-state index < -0.39 is 0 Å². The van der Waals surface area contributed by atoms with Crippen LogP contribution in [0.15, 0.2) is 18.2 Å². The lowest BCUT2D eigenvalue weighted by molar-refractivity contribution is -0.120. The summed E-state index contributed by atoms with van der Waals surface area (Å²) in [5.41, 5.74) is 1.77. The van der Waals surface area contributed by atoms with Crippen molar-refractivity contribution in [1.29, 1.82) is 0 Å². The Labute approximate surface area is 142 Å². The predicted molar refractivity (Wildman–Crippen MR) is 93.4 cm³/mol. The highest BCUT2D eigenvalue weighted by Crippen LogP contribution is 2.32. The molecular weight excluding hydrogens is 306 g/mol. The summed E-state index contributed by atoms with van der Waals surface area (Å²) in [4.78, 5) is 27.3. The summed E-state index contributed by atoms with van der Waals surface area (Å²) >= 11 is 0. The summed E-state index contributed by atoms with van der Waals surface area (Å²) in [6.45, 7) is 3.03. The van der Waals surface area contributed by atoms with E-state index in [0.717, 1.165) is 69.6 Å². The van der Waals surface area contributed by atoms with Crippen LogP contribution in [0.3, 0.4) is 0 Å². The van der Waals surface area contributed by atoms with Gasteiger partial charge in [-0.3, -0.25) is 9.59 Å². The lowest BCUT2D eigenvalue weighted by Gasteiger charge is -2.34. The second-order valence-electron chi connectivity index (χ2n) is 6.48. The summed E-state index contributed by atoms with van der Waals surface area (Å²) in [5.74, 6) is 0.889. The standard InChI is InChI=1S/C18H25N3O3/c1-24-17-7-6-15(21-10-8-20(13-22)9-11-21)12-16(17)19-18(23)14-4-2-3-5-14/h6-7,12-14H,2-5,8-11H2,1H3,(H,19,23). The number of ether oxygens (including phenoxy) is 1. The molecule has 2 aliphatic rings. The number of amides is 2. The van der Waals surface area contributed by atoms with E-state index in [1.54, 1.807) is 12.0 Å². The predicted octanol–water partition coefficient (Wildman–Crippen LogP) is 2.10. The maximum Gasteiger partial charge on any atom is 0.227 e. The maximum atomic E-state index is 12.4. The van der Waals surface area contributed by atoms with Crippen molar-refractivity contribution in [3.8, 4) is 5.75 Å². The van der Waals surface area contributed by atoms with Crippen LogP contribution in [-0.4, -0.2) is 50.5 Å². The SMILES string of the molecule is COc1ccc(N2CCN(C=O)CC2)cc1NC(=O)C1CCCC1. The van der Waals surface area contributed by atoms with Crippen LogP contribution in [0.5, 0.6) is 5.75 Å². The first-order chi connectivity index (χ1) is 11.7. The highest BCUT2D eigenvalue weighted by Gasteiger charge is 2.24. The second-order valence-corrected chi connectivity index (χ2v) is 6.48. The van der Waals surface area contributed by atoms with Gasteiger partial charge in [0.25, 0.3) is 0 Å². The van der Waals surface area contributed by atoms with Gasteiger partial charge in [-0.1, -0.05) is 12.8 Å². The molecule has 1 heterocycles. The molecule has 1 aliphatic heterocycles. The van der Waals surface area contributed by atoms with Crippen molar-refractivity contribution in [2.24, 2.45) is 5.92 Å². The molecule has 1 aliphatic carbocycles. The van der Waals surface area contributed by atoms with E-state index in [1.165, 1.54) is 0 Å². The number of carbonyl (C=O) groups excluding carboxylic acids is 2. The Kier molecular flexibility index (Phi) is 5.23. The molecule has 2 amide bonds. The molecule has 1 aromatic rings. The molecular formula is C18H25N3O3. The largest absolute Gasteiger partial charge is 0.495 e. The van der Waals surface area contributed by atoms with Crippen LogP contribution in [0.4, 0.5) is 11.4 Å². The summed E-state index contributed by atoms with van der Waals surface area (Å²) in [5, 5.41) is 3.05. The van der Waals surface area contributed by atoms with Crippen molar-refractivity contribution in [2.45, 2.75) is 25.7 Å². The lowest BCUT2D eigenvalue weighted by atomic mass is 10.1. The van der Waals surface area contributed by atoms with Gasteiger partial charge >= 0.3 is 0 Å². The van der Waals surface area contributed by atoms with Gasteiger partial charge in [-0.2, -0.15) is 0 Å². The molecule has 0 aromatic heterocycles. The average molecular weight is 331 g/mol. The highest BCUT2D eigenvalue weighted by atomic mass is 16.5. The van der Waals surface area contributed by atoms with E-state index >= 15 is 0 Å². The molecule has 0 bridgehead atoms. The van der Waals surface area contributed by atoms with Gasteiger partial charge in [0.2, 0.25) is 12.3 Å². The third-order valence-electron chi connectivity index (χ3n) is 5.00. The zero-order chi connectivity index (χ0) is 16.9. The summed E-state index contributed by atoms with van der Waals surface area (Å²) in [6.07, 6.45) is 5.12. The average Bonchev–Trinajstić information content (AvgIpc) is 3.16. The van der Waals surface area contributed by atoms with Crippen LogP contribution in [0.25, 0.3) is 0 Å². The molecule has 130 valence electrons. The first-order valence-electron chi connectivity index (χ1n) is 8.64. The molecule has 24 heavy (non-hydrogen) atoms. The Morgan fingerprint density at radius 1 is 1.21 bits per heavy atom. The minimum Gasteiger partial charge on any atom is -0.495 e. The van der Waals surface area contributed by atoms with Gasteiger partial charge in [-0.25, -0.2) is 0 Å². The summed E-state index contributed by atoms with van der Waals surface area (Å²) in [7, 11) is 1.61. The molecule has 0 atom stereocenters. The quantitative estimate of drug-likeness (QED) is 0.840. The fourth-order valence-corrected chi connectivity index (χ4v) is 3.50. The molecule has 6 heteroatoms. The number of methoxy groups -OCH3 is 1. The van der Waals surface area contributed by atoms with Crippen LogP contribution in [0.2, 0.25) is 0 Å². The smallest absolute Gasteiger partial charge is 0.227 e. The number of piperazine rings is 1. The van der Waals surface area contributed by atoms with E-state index in [9.17, 15) is 9.59 Å². The third kappa shape index (κ3) is 3.63. The van der Waals surface area contributed by atoms with Crippen molar-refractivity contribution >= 4 is 23.7 Å². The van der Waals surface area contributed by atoms with E-state index in [1.807, 2.05) is 18.2 Å². The van der Waals surface area contributed by atoms with E-state index in [4.69, 9.17) is 4.74 Å². The van der Waals surface area contributed by atoms with E-state index in [-0.39, 0.29) is 11.8 Å². The maximum absolute atomic E-state index is 12.4. The molecule has 1 saturated carbocycles. The molecule has 6 nitrogen and oxygen atoms in total. The first kappa shape index (κ1) is 16.6. The number of nitrogens with zero attached hydrogens (tertiary/aromatic N) is 2. The van der Waals surface area contributed by atoms with Crippen molar-refractivity contribution in [2.75, 3.05) is 43.5 Å². The van der Waals surface area contributed by atoms with Crippen molar-refractivity contribution in [1.82, 2.24) is 4.90 Å². The minimum atomic E-state index is 0.0914. The van der Waals surface area contributed by atoms with Crippen molar-refractivity contribution in [3.63, 3.8) is 0 Å². The number of rotatable bonds is 5. The molecule has 2 fully saturated rings. The summed E-state index contributed by atoms with van der Waals surface area (Å²) < 4.78 is 5.40. The molecule has 1 N–H and O–H groups in total. The van der Waals surface area contributed by atoms with Crippen molar-refractivity contribution < 1.29 is 14.3 Å². The number of carbonyl (C=O) groups is 2. The minimum absolute atomic E-state index is 0.0914. The molecule has 0 spiro atoms. The first-order valence-corrected chi connectivity index (χ1v) is 8.64. The Bertz CT molecular complexity index is 591. The Hall–Kier alpha value is -2.24. The van der Waals surface area contributed by atoms with Gasteiger partial charge in [0.15, 0.2) is 0 Å². The zero-order valence-electron chi connectivity index (χ0n) is 14.2. The molecule has 0 radical (unpaired) electrons. The van der Waals surface area contributed by atoms with Gasteiger partial charge in [0, 0.05) is 37.8 Å². The normalized spacial score (nSPS) is 18.5. The van der Waals surface area contributed by atoms with E-state index in [2.05, 4.69) is 10.2 Å². The summed E-state index contributed by atoms with van der Waals surface area (Å²) in [6, 6.07) is 5.87. The van der Waals surface area contributed by atoms with Crippen molar-refractivity contribution in [3.05, 3.63) is 18.2 Å². The monoisotopic (exact) mass is 331 g/mol. The van der Waals surface area contributed by atoms with Crippen LogP contribution in [-0.2, 0) is 9.59 Å². The topological polar surface area (TPSA) is 61.9 Å². The van der Waals surface area contributed by atoms with E-state index in [0.29, 0.717) is 5.75 Å². The molecule has 1 saturated heterocycles. The number of benzene rings is 1. The zero-order valence-corrected chi connectivity index (χ0v) is 14.2. The van der Waals surface area contributed by atoms with Crippen LogP contribution < -0.4 is 15.0 Å². The third-order valence-corrected chi connectivity index (χ3v) is 5.00. The van der Waals surface area contributed by atoms with Gasteiger partial charge in [-0.05, 0) is 31.0 Å². The lowest BCUT2D eigenvalue weighted by Crippen LogP contribution is -2.45. The van der Waals surface area contributed by atoms with Crippen LogP contribution in [0.1, 0.15) is 25.7 Å². The van der Waals surface area contributed by atoms with Crippen LogP contribution >= 0.6 is 0 Å². The van der Waals surface area contributed by atoms with Gasteiger partial charge < -0.3 is 19.9 Å². The number of hydrogen-bond acceptors (Lipinski definition) is 4. The van der Waals surface area contributed by atoms with Gasteiger partial charge in [0.05, 0.1) is 12.8 Å². The number of hydrogen-bond donors (Lipinski definition) is 1. The van der Waals surface area contributed by atoms with Gasteiger partial charge in [0.1, 0.15) is 5.75 Å². The Morgan fingerprint density at radius 2 is 1.92 bits per heavy atom. The fourth-order valence-electron chi connectivity index (χ4n) is 3.50. The Balaban J connectivity index is 1.73. The van der Waals surface area contributed by atoms with Crippen LogP contribution in [0, 0.1) is 5.92 Å². The molecule has 1 aromatic carbocycles. The number of anilines is 2. The molecule has 3 rings (SSSR count). The highest BCUT2D eigenvalue weighted by molar-refractivity contribution is 5.94.